The van der Waals surface area contributed by atoms with Crippen LogP contribution in [0.4, 0.5) is 0 Å². The van der Waals surface area contributed by atoms with Gasteiger partial charge in [0.25, 0.3) is 0 Å². The Morgan fingerprint density at radius 2 is 1.56 bits per heavy atom. The highest BCUT2D eigenvalue weighted by atomic mass is 32.1. The Kier molecular flexibility index (Phi) is 6.24. The molecule has 0 saturated heterocycles. The molecule has 0 amide bonds. The third-order valence-corrected chi connectivity index (χ3v) is 4.28. The zero-order valence-electron chi connectivity index (χ0n) is 12.5. The van der Waals surface area contributed by atoms with E-state index in [0.717, 1.165) is 25.3 Å². The zero-order chi connectivity index (χ0) is 13.7. The Morgan fingerprint density at radius 3 is 2.06 bits per heavy atom. The third kappa shape index (κ3) is 4.03. The minimum atomic E-state index is 0.978. The van der Waals surface area contributed by atoms with Gasteiger partial charge in [-0.05, 0) is 87.7 Å². The Balaban J connectivity index is 2.73. The fourth-order valence-electron chi connectivity index (χ4n) is 2.43. The summed E-state index contributed by atoms with van der Waals surface area (Å²) in [5.74, 6) is 0.978. The lowest BCUT2D eigenvalue weighted by atomic mass is 9.92. The minimum absolute atomic E-state index is 0.978. The smallest absolute Gasteiger partial charge is 0.00190 e. The van der Waals surface area contributed by atoms with Gasteiger partial charge in [-0.2, -0.15) is 12.6 Å². The van der Waals surface area contributed by atoms with E-state index in [-0.39, 0.29) is 0 Å². The molecule has 1 aromatic carbocycles. The molecule has 0 unspecified atom stereocenters. The fourth-order valence-corrected chi connectivity index (χ4v) is 2.57. The van der Waals surface area contributed by atoms with Crippen LogP contribution in [0.2, 0.25) is 0 Å². The van der Waals surface area contributed by atoms with Gasteiger partial charge in [0, 0.05) is 6.54 Å². The van der Waals surface area contributed by atoms with Crippen LogP contribution in [0, 0.1) is 27.7 Å². The molecule has 0 N–H and O–H groups in total. The molecule has 2 heteroatoms. The van der Waals surface area contributed by atoms with Crippen molar-refractivity contribution in [3.8, 4) is 0 Å². The summed E-state index contributed by atoms with van der Waals surface area (Å²) in [4.78, 5) is 2.41. The van der Waals surface area contributed by atoms with E-state index in [2.05, 4.69) is 58.3 Å². The highest BCUT2D eigenvalue weighted by Crippen LogP contribution is 2.22. The van der Waals surface area contributed by atoms with Gasteiger partial charge in [0.1, 0.15) is 0 Å². The van der Waals surface area contributed by atoms with Crippen LogP contribution in [-0.4, -0.2) is 30.8 Å². The van der Waals surface area contributed by atoms with Gasteiger partial charge < -0.3 is 4.90 Å². The van der Waals surface area contributed by atoms with Crippen LogP contribution < -0.4 is 0 Å². The summed E-state index contributed by atoms with van der Waals surface area (Å²) >= 11 is 4.27. The molecule has 1 aromatic rings. The predicted molar refractivity (Wildman–Crippen MR) is 85.1 cm³/mol. The van der Waals surface area contributed by atoms with Gasteiger partial charge in [-0.3, -0.25) is 0 Å². The van der Waals surface area contributed by atoms with Crippen LogP contribution in [0.25, 0.3) is 0 Å². The Labute approximate surface area is 118 Å². The van der Waals surface area contributed by atoms with Gasteiger partial charge in [0.05, 0.1) is 0 Å². The second-order valence-corrected chi connectivity index (χ2v) is 5.82. The van der Waals surface area contributed by atoms with Crippen molar-refractivity contribution in [2.24, 2.45) is 0 Å². The lowest BCUT2D eigenvalue weighted by molar-refractivity contribution is 0.340. The molecule has 0 radical (unpaired) electrons. The van der Waals surface area contributed by atoms with Crippen molar-refractivity contribution in [2.75, 3.05) is 25.9 Å². The van der Waals surface area contributed by atoms with Crippen LogP contribution in [0.15, 0.2) is 6.07 Å². The Morgan fingerprint density at radius 1 is 1.00 bits per heavy atom. The summed E-state index contributed by atoms with van der Waals surface area (Å²) in [6.07, 6.45) is 2.33. The molecule has 0 fully saturated rings. The topological polar surface area (TPSA) is 3.24 Å². The predicted octanol–water partition coefficient (Wildman–Crippen LogP) is 3.71. The van der Waals surface area contributed by atoms with Crippen molar-refractivity contribution in [2.45, 2.75) is 40.5 Å². The molecule has 0 heterocycles. The summed E-state index contributed by atoms with van der Waals surface area (Å²) in [6, 6.07) is 2.30. The van der Waals surface area contributed by atoms with Crippen molar-refractivity contribution in [1.82, 2.24) is 4.90 Å². The van der Waals surface area contributed by atoms with Gasteiger partial charge in [0.15, 0.2) is 0 Å². The maximum atomic E-state index is 4.27. The van der Waals surface area contributed by atoms with Crippen LogP contribution in [0.1, 0.15) is 34.2 Å². The molecular weight excluding hydrogens is 238 g/mol. The largest absolute Gasteiger partial charge is 0.306 e. The molecular formula is C16H27NS. The number of thiol groups is 1. The maximum absolute atomic E-state index is 4.27. The summed E-state index contributed by atoms with van der Waals surface area (Å²) in [5, 5.41) is 0. The number of rotatable bonds is 6. The molecule has 1 nitrogen and oxygen atoms in total. The van der Waals surface area contributed by atoms with Gasteiger partial charge in [-0.15, -0.1) is 0 Å². The molecule has 18 heavy (non-hydrogen) atoms. The van der Waals surface area contributed by atoms with Gasteiger partial charge >= 0.3 is 0 Å². The summed E-state index contributed by atoms with van der Waals surface area (Å²) in [5.41, 5.74) is 7.34. The van der Waals surface area contributed by atoms with E-state index in [1.165, 1.54) is 28.7 Å². The zero-order valence-corrected chi connectivity index (χ0v) is 13.4. The van der Waals surface area contributed by atoms with Crippen LogP contribution >= 0.6 is 12.6 Å². The van der Waals surface area contributed by atoms with E-state index in [1.54, 1.807) is 5.56 Å². The number of benzene rings is 1. The van der Waals surface area contributed by atoms with Crippen LogP contribution in [-0.2, 0) is 6.42 Å². The molecule has 1 rings (SSSR count). The second kappa shape index (κ2) is 7.20. The van der Waals surface area contributed by atoms with E-state index < -0.39 is 0 Å². The maximum Gasteiger partial charge on any atom is 0.00190 e. The van der Waals surface area contributed by atoms with Gasteiger partial charge in [-0.25, -0.2) is 0 Å². The van der Waals surface area contributed by atoms with Crippen molar-refractivity contribution in [3.63, 3.8) is 0 Å². The second-order valence-electron chi connectivity index (χ2n) is 5.37. The van der Waals surface area contributed by atoms with Crippen molar-refractivity contribution < 1.29 is 0 Å². The lowest BCUT2D eigenvalue weighted by Gasteiger charge is -2.20. The number of hydrogen-bond acceptors (Lipinski definition) is 2. The monoisotopic (exact) mass is 265 g/mol. The Bertz CT molecular complexity index is 372. The average Bonchev–Trinajstić information content (AvgIpc) is 2.34. The summed E-state index contributed by atoms with van der Waals surface area (Å²) in [7, 11) is 2.21. The summed E-state index contributed by atoms with van der Waals surface area (Å²) in [6.45, 7) is 11.2. The average molecular weight is 265 g/mol. The number of aryl methyl sites for hydroxylation is 2. The third-order valence-electron chi connectivity index (χ3n) is 3.96. The first-order valence-electron chi connectivity index (χ1n) is 6.83. The molecule has 0 aromatic heterocycles. The van der Waals surface area contributed by atoms with Crippen LogP contribution in [0.3, 0.4) is 0 Å². The van der Waals surface area contributed by atoms with E-state index in [0.29, 0.717) is 0 Å². The first-order chi connectivity index (χ1) is 8.47. The molecule has 0 atom stereocenters. The number of nitrogens with zero attached hydrogens (tertiary/aromatic N) is 1. The van der Waals surface area contributed by atoms with Crippen molar-refractivity contribution in [1.29, 1.82) is 0 Å². The molecule has 0 spiro atoms. The molecule has 0 bridgehead atoms. The molecule has 0 aliphatic rings. The molecule has 0 saturated carbocycles. The van der Waals surface area contributed by atoms with E-state index in [9.17, 15) is 0 Å². The highest BCUT2D eigenvalue weighted by molar-refractivity contribution is 7.80. The van der Waals surface area contributed by atoms with Crippen molar-refractivity contribution in [3.05, 3.63) is 33.9 Å². The quantitative estimate of drug-likeness (QED) is 0.767. The number of likely N-dealkylation sites (N-methyl/N-ethyl adjacent to an activating group) is 1. The lowest BCUT2D eigenvalue weighted by Crippen LogP contribution is -2.23. The van der Waals surface area contributed by atoms with Crippen LogP contribution in [0.5, 0.6) is 0 Å². The van der Waals surface area contributed by atoms with Gasteiger partial charge in [0.2, 0.25) is 0 Å². The number of hydrogen-bond donors (Lipinski definition) is 1. The molecule has 102 valence electrons. The first kappa shape index (κ1) is 15.6. The highest BCUT2D eigenvalue weighted by Gasteiger charge is 2.09. The first-order valence-corrected chi connectivity index (χ1v) is 7.46. The summed E-state index contributed by atoms with van der Waals surface area (Å²) < 4.78 is 0. The van der Waals surface area contributed by atoms with E-state index in [1.807, 2.05) is 0 Å². The standard InChI is InChI=1S/C16H27NS/c1-12-11-13(2)15(4)16(14(12)3)7-9-17(5)8-6-10-18/h11,18H,6-10H2,1-5H3. The SMILES string of the molecule is Cc1cc(C)c(C)c(CCN(C)CCCS)c1C. The Hall–Kier alpha value is -0.470. The van der Waals surface area contributed by atoms with Crippen molar-refractivity contribution >= 4 is 12.6 Å². The fraction of sp³-hybridized carbons (Fsp3) is 0.625. The van der Waals surface area contributed by atoms with E-state index in [4.69, 9.17) is 0 Å². The molecule has 0 aliphatic heterocycles. The van der Waals surface area contributed by atoms with E-state index >= 15 is 0 Å². The normalized spacial score (nSPS) is 11.3. The molecule has 0 aliphatic carbocycles. The minimum Gasteiger partial charge on any atom is -0.306 e. The van der Waals surface area contributed by atoms with Gasteiger partial charge in [-0.1, -0.05) is 6.07 Å².